The number of piperazine rings is 1. The van der Waals surface area contributed by atoms with Crippen molar-refractivity contribution in [1.29, 1.82) is 0 Å². The molecule has 2 aromatic rings. The molecule has 0 aromatic heterocycles. The van der Waals surface area contributed by atoms with Crippen LogP contribution in [0.3, 0.4) is 0 Å². The fourth-order valence-corrected chi connectivity index (χ4v) is 3.36. The molecular formula is C22H28N2O3. The predicted octanol–water partition coefficient (Wildman–Crippen LogP) is 2.76. The van der Waals surface area contributed by atoms with Crippen molar-refractivity contribution in [2.45, 2.75) is 20.0 Å². The van der Waals surface area contributed by atoms with Gasteiger partial charge < -0.3 is 14.7 Å². The van der Waals surface area contributed by atoms with E-state index in [1.54, 1.807) is 24.3 Å². The number of anilines is 1. The van der Waals surface area contributed by atoms with E-state index in [1.165, 1.54) is 18.2 Å². The largest absolute Gasteiger partial charge is 0.491 e. The van der Waals surface area contributed by atoms with E-state index in [9.17, 15) is 9.90 Å². The molecule has 1 fully saturated rings. The second-order valence-electron chi connectivity index (χ2n) is 7.18. The number of nitrogens with zero attached hydrogens (tertiary/aromatic N) is 2. The fourth-order valence-electron chi connectivity index (χ4n) is 3.36. The highest BCUT2D eigenvalue weighted by molar-refractivity contribution is 5.94. The van der Waals surface area contributed by atoms with Crippen LogP contribution < -0.4 is 9.64 Å². The van der Waals surface area contributed by atoms with Crippen molar-refractivity contribution in [3.63, 3.8) is 0 Å². The molecule has 1 aliphatic heterocycles. The normalized spacial score (nSPS) is 16.2. The van der Waals surface area contributed by atoms with E-state index in [0.717, 1.165) is 26.2 Å². The van der Waals surface area contributed by atoms with Gasteiger partial charge in [-0.15, -0.1) is 0 Å². The molecule has 0 bridgehead atoms. The Morgan fingerprint density at radius 1 is 1.11 bits per heavy atom. The van der Waals surface area contributed by atoms with E-state index < -0.39 is 6.10 Å². The lowest BCUT2D eigenvalue weighted by atomic mass is 10.1. The molecule has 0 spiro atoms. The van der Waals surface area contributed by atoms with E-state index in [-0.39, 0.29) is 12.4 Å². The number of aryl methyl sites for hydroxylation is 1. The number of aliphatic hydroxyl groups excluding tert-OH is 1. The van der Waals surface area contributed by atoms with E-state index in [2.05, 4.69) is 41.0 Å². The molecule has 3 rings (SSSR count). The number of ketones is 1. The smallest absolute Gasteiger partial charge is 0.159 e. The Labute approximate surface area is 161 Å². The Balaban J connectivity index is 1.43. The van der Waals surface area contributed by atoms with Gasteiger partial charge in [-0.25, -0.2) is 0 Å². The SMILES string of the molecule is CC(=O)c1cccc(OCC(O)CN2CCN(c3cccc(C)c3)CC2)c1. The van der Waals surface area contributed by atoms with Crippen LogP contribution in [0.25, 0.3) is 0 Å². The van der Waals surface area contributed by atoms with Gasteiger partial charge in [-0.05, 0) is 43.7 Å². The minimum atomic E-state index is -0.559. The molecule has 1 aliphatic rings. The van der Waals surface area contributed by atoms with Crippen LogP contribution in [0.2, 0.25) is 0 Å². The summed E-state index contributed by atoms with van der Waals surface area (Å²) >= 11 is 0. The minimum absolute atomic E-state index is 0.00693. The van der Waals surface area contributed by atoms with Gasteiger partial charge in [-0.1, -0.05) is 24.3 Å². The topological polar surface area (TPSA) is 53.0 Å². The van der Waals surface area contributed by atoms with E-state index >= 15 is 0 Å². The summed E-state index contributed by atoms with van der Waals surface area (Å²) < 4.78 is 5.66. The maximum absolute atomic E-state index is 11.4. The number of rotatable bonds is 7. The Morgan fingerprint density at radius 2 is 1.85 bits per heavy atom. The molecule has 5 nitrogen and oxygen atoms in total. The maximum atomic E-state index is 11.4. The minimum Gasteiger partial charge on any atom is -0.491 e. The first-order chi connectivity index (χ1) is 13.0. The first kappa shape index (κ1) is 19.4. The van der Waals surface area contributed by atoms with Crippen molar-refractivity contribution in [2.75, 3.05) is 44.2 Å². The molecule has 27 heavy (non-hydrogen) atoms. The molecule has 1 saturated heterocycles. The average molecular weight is 368 g/mol. The highest BCUT2D eigenvalue weighted by Gasteiger charge is 2.20. The zero-order chi connectivity index (χ0) is 19.2. The van der Waals surface area contributed by atoms with Crippen LogP contribution in [0.15, 0.2) is 48.5 Å². The number of benzene rings is 2. The lowest BCUT2D eigenvalue weighted by Crippen LogP contribution is -2.49. The summed E-state index contributed by atoms with van der Waals surface area (Å²) in [7, 11) is 0. The summed E-state index contributed by atoms with van der Waals surface area (Å²) in [6.07, 6.45) is -0.559. The van der Waals surface area contributed by atoms with Crippen LogP contribution in [0.5, 0.6) is 5.75 Å². The van der Waals surface area contributed by atoms with Crippen molar-refractivity contribution in [3.8, 4) is 5.75 Å². The number of β-amino-alcohol motifs (C(OH)–C–C–N with tert-alkyl or cyclic N) is 1. The molecular weight excluding hydrogens is 340 g/mol. The number of aliphatic hydroxyl groups is 1. The molecule has 0 saturated carbocycles. The Morgan fingerprint density at radius 3 is 2.56 bits per heavy atom. The summed E-state index contributed by atoms with van der Waals surface area (Å²) in [5.74, 6) is 0.624. The van der Waals surface area contributed by atoms with Gasteiger partial charge in [0, 0.05) is 44.0 Å². The highest BCUT2D eigenvalue weighted by Crippen LogP contribution is 2.18. The number of hydrogen-bond donors (Lipinski definition) is 1. The Bertz CT molecular complexity index is 770. The van der Waals surface area contributed by atoms with E-state index in [1.807, 2.05) is 0 Å². The zero-order valence-electron chi connectivity index (χ0n) is 16.1. The quantitative estimate of drug-likeness (QED) is 0.762. The third kappa shape index (κ3) is 5.55. The van der Waals surface area contributed by atoms with Crippen molar-refractivity contribution >= 4 is 11.5 Å². The molecule has 5 heteroatoms. The molecule has 1 unspecified atom stereocenters. The van der Waals surface area contributed by atoms with Crippen molar-refractivity contribution < 1.29 is 14.6 Å². The van der Waals surface area contributed by atoms with Crippen LogP contribution in [-0.2, 0) is 0 Å². The summed E-state index contributed by atoms with van der Waals surface area (Å²) in [5.41, 5.74) is 3.16. The van der Waals surface area contributed by atoms with Crippen LogP contribution in [0, 0.1) is 6.92 Å². The number of carbonyl (C=O) groups excluding carboxylic acids is 1. The molecule has 1 atom stereocenters. The third-order valence-corrected chi connectivity index (χ3v) is 4.89. The first-order valence-corrected chi connectivity index (χ1v) is 9.47. The molecule has 1 heterocycles. The van der Waals surface area contributed by atoms with Crippen LogP contribution >= 0.6 is 0 Å². The van der Waals surface area contributed by atoms with E-state index in [0.29, 0.717) is 17.9 Å². The standard InChI is InChI=1S/C22H28N2O3/c1-17-5-3-7-20(13-17)24-11-9-23(10-12-24)15-21(26)16-27-22-8-4-6-19(14-22)18(2)25/h3-8,13-14,21,26H,9-12,15-16H2,1-2H3. The van der Waals surface area contributed by atoms with Crippen LogP contribution in [0.4, 0.5) is 5.69 Å². The van der Waals surface area contributed by atoms with Gasteiger partial charge in [0.1, 0.15) is 18.5 Å². The molecule has 2 aromatic carbocycles. The van der Waals surface area contributed by atoms with Gasteiger partial charge >= 0.3 is 0 Å². The second-order valence-corrected chi connectivity index (χ2v) is 7.18. The number of Topliss-reactive ketones (excluding diaryl/α,β-unsaturated/α-hetero) is 1. The molecule has 0 amide bonds. The Kier molecular flexibility index (Phi) is 6.48. The van der Waals surface area contributed by atoms with Gasteiger partial charge in [0.05, 0.1) is 0 Å². The molecule has 0 aliphatic carbocycles. The van der Waals surface area contributed by atoms with Gasteiger partial charge in [0.2, 0.25) is 0 Å². The number of ether oxygens (including phenoxy) is 1. The molecule has 1 N–H and O–H groups in total. The zero-order valence-corrected chi connectivity index (χ0v) is 16.1. The lowest BCUT2D eigenvalue weighted by Gasteiger charge is -2.37. The average Bonchev–Trinajstić information content (AvgIpc) is 2.67. The lowest BCUT2D eigenvalue weighted by molar-refractivity contribution is 0.0663. The summed E-state index contributed by atoms with van der Waals surface area (Å²) in [4.78, 5) is 16.1. The summed E-state index contributed by atoms with van der Waals surface area (Å²) in [6.45, 7) is 8.21. The van der Waals surface area contributed by atoms with Crippen molar-refractivity contribution in [1.82, 2.24) is 4.90 Å². The highest BCUT2D eigenvalue weighted by atomic mass is 16.5. The van der Waals surface area contributed by atoms with Crippen LogP contribution in [-0.4, -0.2) is 61.2 Å². The monoisotopic (exact) mass is 368 g/mol. The Hall–Kier alpha value is -2.37. The predicted molar refractivity (Wildman–Crippen MR) is 108 cm³/mol. The van der Waals surface area contributed by atoms with Gasteiger partial charge in [-0.2, -0.15) is 0 Å². The van der Waals surface area contributed by atoms with E-state index in [4.69, 9.17) is 4.74 Å². The fraction of sp³-hybridized carbons (Fsp3) is 0.409. The molecule has 0 radical (unpaired) electrons. The maximum Gasteiger partial charge on any atom is 0.159 e. The van der Waals surface area contributed by atoms with Gasteiger partial charge in [-0.3, -0.25) is 9.69 Å². The number of hydrogen-bond acceptors (Lipinski definition) is 5. The number of carbonyl (C=O) groups is 1. The van der Waals surface area contributed by atoms with Gasteiger partial charge in [0.25, 0.3) is 0 Å². The second kappa shape index (κ2) is 9.02. The first-order valence-electron chi connectivity index (χ1n) is 9.47. The van der Waals surface area contributed by atoms with Crippen molar-refractivity contribution in [3.05, 3.63) is 59.7 Å². The molecule has 144 valence electrons. The third-order valence-electron chi connectivity index (χ3n) is 4.89. The summed E-state index contributed by atoms with van der Waals surface area (Å²) in [6, 6.07) is 15.7. The summed E-state index contributed by atoms with van der Waals surface area (Å²) in [5, 5.41) is 10.3. The van der Waals surface area contributed by atoms with Gasteiger partial charge in [0.15, 0.2) is 5.78 Å². The van der Waals surface area contributed by atoms with Crippen molar-refractivity contribution in [2.24, 2.45) is 0 Å². The van der Waals surface area contributed by atoms with Crippen LogP contribution in [0.1, 0.15) is 22.8 Å².